The van der Waals surface area contributed by atoms with E-state index in [4.69, 9.17) is 17.3 Å². The van der Waals surface area contributed by atoms with E-state index in [2.05, 4.69) is 6.07 Å². The first-order valence-corrected chi connectivity index (χ1v) is 11.5. The minimum atomic E-state index is -3.30. The summed E-state index contributed by atoms with van der Waals surface area (Å²) in [7, 11) is -3.30. The zero-order chi connectivity index (χ0) is 19.5. The van der Waals surface area contributed by atoms with Gasteiger partial charge < -0.3 is 5.73 Å². The van der Waals surface area contributed by atoms with E-state index in [0.717, 1.165) is 36.8 Å². The molecule has 0 saturated heterocycles. The number of nitrogens with zero attached hydrogens (tertiary/aromatic N) is 1. The van der Waals surface area contributed by atoms with Crippen molar-refractivity contribution in [3.8, 4) is 0 Å². The predicted molar refractivity (Wildman–Crippen MR) is 119 cm³/mol. The zero-order valence-electron chi connectivity index (χ0n) is 16.1. The second kappa shape index (κ2) is 9.59. The van der Waals surface area contributed by atoms with E-state index in [1.165, 1.54) is 6.26 Å². The fourth-order valence-corrected chi connectivity index (χ4v) is 5.48. The molecule has 154 valence electrons. The van der Waals surface area contributed by atoms with Gasteiger partial charge in [0.2, 0.25) is 10.0 Å². The molecule has 0 spiro atoms. The highest BCUT2D eigenvalue weighted by atomic mass is 35.5. The highest BCUT2D eigenvalue weighted by Crippen LogP contribution is 2.41. The Morgan fingerprint density at radius 1 is 1.11 bits per heavy atom. The van der Waals surface area contributed by atoms with Gasteiger partial charge in [-0.3, -0.25) is 0 Å². The van der Waals surface area contributed by atoms with Crippen molar-refractivity contribution in [3.05, 3.63) is 70.7 Å². The molecule has 0 aliphatic heterocycles. The second-order valence-electron chi connectivity index (χ2n) is 7.52. The molecule has 2 aromatic rings. The van der Waals surface area contributed by atoms with Crippen LogP contribution < -0.4 is 5.73 Å². The average Bonchev–Trinajstić information content (AvgIpc) is 2.66. The summed E-state index contributed by atoms with van der Waals surface area (Å²) in [5.41, 5.74) is 8.21. The summed E-state index contributed by atoms with van der Waals surface area (Å²) in [6, 6.07) is 17.7. The lowest BCUT2D eigenvalue weighted by atomic mass is 9.68. The van der Waals surface area contributed by atoms with Crippen molar-refractivity contribution >= 4 is 34.0 Å². The van der Waals surface area contributed by atoms with Crippen molar-refractivity contribution in [1.29, 1.82) is 0 Å². The van der Waals surface area contributed by atoms with Gasteiger partial charge in [-0.15, -0.1) is 12.4 Å². The topological polar surface area (TPSA) is 63.4 Å². The molecule has 1 aliphatic carbocycles. The van der Waals surface area contributed by atoms with Gasteiger partial charge in [0.15, 0.2) is 0 Å². The van der Waals surface area contributed by atoms with Gasteiger partial charge in [0.25, 0.3) is 0 Å². The molecule has 3 rings (SSSR count). The molecule has 0 aromatic heterocycles. The van der Waals surface area contributed by atoms with Gasteiger partial charge in [-0.05, 0) is 48.9 Å². The minimum absolute atomic E-state index is 0. The fraction of sp³-hybridized carbons (Fsp3) is 0.429. The van der Waals surface area contributed by atoms with Crippen molar-refractivity contribution in [2.75, 3.05) is 12.8 Å². The van der Waals surface area contributed by atoms with Gasteiger partial charge in [0.1, 0.15) is 0 Å². The SMILES string of the molecule is CS(=O)(=O)N(Cc1ccccc1)C1CCC(CN)(c2cccc(Cl)c2)CC1.Cl. The minimum Gasteiger partial charge on any atom is -0.330 e. The van der Waals surface area contributed by atoms with Crippen LogP contribution in [0.3, 0.4) is 0 Å². The van der Waals surface area contributed by atoms with Crippen molar-refractivity contribution in [3.63, 3.8) is 0 Å². The molecular weight excluding hydrogens is 415 g/mol. The Morgan fingerprint density at radius 3 is 2.29 bits per heavy atom. The molecule has 0 heterocycles. The summed E-state index contributed by atoms with van der Waals surface area (Å²) in [5, 5.41) is 0.712. The Bertz CT molecular complexity index is 867. The third-order valence-electron chi connectivity index (χ3n) is 5.75. The molecule has 1 saturated carbocycles. The van der Waals surface area contributed by atoms with Crippen LogP contribution in [-0.2, 0) is 22.0 Å². The Balaban J connectivity index is 0.00000280. The van der Waals surface area contributed by atoms with Gasteiger partial charge in [-0.1, -0.05) is 54.1 Å². The van der Waals surface area contributed by atoms with E-state index in [1.54, 1.807) is 4.31 Å². The number of hydrogen-bond acceptors (Lipinski definition) is 3. The third-order valence-corrected chi connectivity index (χ3v) is 7.27. The Kier molecular flexibility index (Phi) is 7.94. The van der Waals surface area contributed by atoms with E-state index >= 15 is 0 Å². The van der Waals surface area contributed by atoms with Crippen molar-refractivity contribution in [2.24, 2.45) is 5.73 Å². The zero-order valence-corrected chi connectivity index (χ0v) is 18.4. The molecule has 2 aromatic carbocycles. The molecular formula is C21H28Cl2N2O2S. The molecule has 0 radical (unpaired) electrons. The quantitative estimate of drug-likeness (QED) is 0.722. The summed E-state index contributed by atoms with van der Waals surface area (Å²) in [4.78, 5) is 0. The van der Waals surface area contributed by atoms with E-state index in [0.29, 0.717) is 18.1 Å². The maximum absolute atomic E-state index is 12.5. The molecule has 1 fully saturated rings. The van der Waals surface area contributed by atoms with Crippen LogP contribution in [-0.4, -0.2) is 31.6 Å². The third kappa shape index (κ3) is 5.28. The summed E-state index contributed by atoms with van der Waals surface area (Å²) < 4.78 is 26.6. The van der Waals surface area contributed by atoms with Crippen LogP contribution in [0.15, 0.2) is 54.6 Å². The lowest BCUT2D eigenvalue weighted by Crippen LogP contribution is -2.47. The van der Waals surface area contributed by atoms with E-state index in [-0.39, 0.29) is 23.9 Å². The first-order chi connectivity index (χ1) is 12.8. The number of benzene rings is 2. The van der Waals surface area contributed by atoms with E-state index in [9.17, 15) is 8.42 Å². The number of nitrogens with two attached hydrogens (primary N) is 1. The van der Waals surface area contributed by atoms with Gasteiger partial charge in [-0.2, -0.15) is 4.31 Å². The second-order valence-corrected chi connectivity index (χ2v) is 9.89. The first-order valence-electron chi connectivity index (χ1n) is 9.31. The van der Waals surface area contributed by atoms with Crippen LogP contribution in [0.2, 0.25) is 5.02 Å². The fourth-order valence-electron chi connectivity index (χ4n) is 4.15. The lowest BCUT2D eigenvalue weighted by molar-refractivity contribution is 0.189. The molecule has 7 heteroatoms. The van der Waals surface area contributed by atoms with Crippen LogP contribution in [0, 0.1) is 0 Å². The predicted octanol–water partition coefficient (Wildman–Crippen LogP) is 4.36. The van der Waals surface area contributed by atoms with E-state index < -0.39 is 10.0 Å². The van der Waals surface area contributed by atoms with Crippen LogP contribution in [0.1, 0.15) is 36.8 Å². The molecule has 28 heavy (non-hydrogen) atoms. The van der Waals surface area contributed by atoms with Crippen molar-refractivity contribution < 1.29 is 8.42 Å². The molecule has 0 unspecified atom stereocenters. The first kappa shape index (κ1) is 23.2. The molecule has 0 bridgehead atoms. The van der Waals surface area contributed by atoms with Crippen molar-refractivity contribution in [1.82, 2.24) is 4.31 Å². The summed E-state index contributed by atoms with van der Waals surface area (Å²) in [5.74, 6) is 0. The Labute approximate surface area is 179 Å². The highest BCUT2D eigenvalue weighted by Gasteiger charge is 2.39. The maximum atomic E-state index is 12.5. The van der Waals surface area contributed by atoms with Gasteiger partial charge in [0, 0.05) is 29.6 Å². The lowest BCUT2D eigenvalue weighted by Gasteiger charge is -2.43. The summed E-state index contributed by atoms with van der Waals surface area (Å²) >= 11 is 6.18. The smallest absolute Gasteiger partial charge is 0.211 e. The van der Waals surface area contributed by atoms with Crippen molar-refractivity contribution in [2.45, 2.75) is 43.7 Å². The maximum Gasteiger partial charge on any atom is 0.211 e. The largest absolute Gasteiger partial charge is 0.330 e. The van der Waals surface area contributed by atoms with Gasteiger partial charge in [-0.25, -0.2) is 8.42 Å². The summed E-state index contributed by atoms with van der Waals surface area (Å²) in [6.07, 6.45) is 4.61. The normalized spacial score (nSPS) is 22.6. The van der Waals surface area contributed by atoms with Gasteiger partial charge in [0.05, 0.1) is 6.26 Å². The Morgan fingerprint density at radius 2 is 1.75 bits per heavy atom. The number of rotatable bonds is 6. The highest BCUT2D eigenvalue weighted by molar-refractivity contribution is 7.88. The molecule has 2 N–H and O–H groups in total. The summed E-state index contributed by atoms with van der Waals surface area (Å²) in [6.45, 7) is 0.953. The standard InChI is InChI=1S/C21H27ClN2O2S.ClH/c1-27(25,26)24(15-17-6-3-2-4-7-17)20-10-12-21(16-23,13-11-20)18-8-5-9-19(22)14-18;/h2-9,14,20H,10-13,15-16,23H2,1H3;1H. The molecule has 0 atom stereocenters. The van der Waals surface area contributed by atoms with Crippen LogP contribution >= 0.6 is 24.0 Å². The van der Waals surface area contributed by atoms with Crippen LogP contribution in [0.25, 0.3) is 0 Å². The molecule has 4 nitrogen and oxygen atoms in total. The Hall–Kier alpha value is -1.11. The van der Waals surface area contributed by atoms with Gasteiger partial charge >= 0.3 is 0 Å². The average molecular weight is 443 g/mol. The van der Waals surface area contributed by atoms with E-state index in [1.807, 2.05) is 48.5 Å². The monoisotopic (exact) mass is 442 g/mol. The number of hydrogen-bond donors (Lipinski definition) is 1. The number of sulfonamides is 1. The molecule has 0 amide bonds. The molecule has 1 aliphatic rings. The number of halogens is 2. The van der Waals surface area contributed by atoms with Crippen LogP contribution in [0.4, 0.5) is 0 Å². The van der Waals surface area contributed by atoms with Crippen LogP contribution in [0.5, 0.6) is 0 Å².